The predicted octanol–water partition coefficient (Wildman–Crippen LogP) is 5.03. The van der Waals surface area contributed by atoms with Crippen LogP contribution in [0.1, 0.15) is 56.9 Å². The van der Waals surface area contributed by atoms with E-state index in [4.69, 9.17) is 19.4 Å². The molecule has 5 nitrogen and oxygen atoms in total. The van der Waals surface area contributed by atoms with Crippen LogP contribution in [0.4, 0.5) is 5.82 Å². The van der Waals surface area contributed by atoms with Gasteiger partial charge in [-0.3, -0.25) is 0 Å². The first kappa shape index (κ1) is 19.4. The molecule has 0 spiro atoms. The van der Waals surface area contributed by atoms with Crippen molar-refractivity contribution in [2.45, 2.75) is 76.3 Å². The van der Waals surface area contributed by atoms with Crippen molar-refractivity contribution in [3.63, 3.8) is 0 Å². The molecule has 0 aliphatic carbocycles. The summed E-state index contributed by atoms with van der Waals surface area (Å²) < 4.78 is 12.0. The highest BCUT2D eigenvalue weighted by Gasteiger charge is 2.33. The molecular formula is C20H29N3O2S2. The fourth-order valence-electron chi connectivity index (χ4n) is 3.68. The molecule has 0 amide bonds. The molecule has 4 heterocycles. The molecule has 2 atom stereocenters. The molecule has 0 aromatic carbocycles. The van der Waals surface area contributed by atoms with Crippen LogP contribution in [0, 0.1) is 0 Å². The number of hydrogen-bond acceptors (Lipinski definition) is 7. The Bertz CT molecular complexity index is 804. The molecule has 7 heteroatoms. The Morgan fingerprint density at radius 1 is 1.33 bits per heavy atom. The van der Waals surface area contributed by atoms with Gasteiger partial charge in [-0.05, 0) is 38.2 Å². The molecule has 2 aromatic rings. The Kier molecular flexibility index (Phi) is 5.92. The Morgan fingerprint density at radius 3 is 2.96 bits per heavy atom. The van der Waals surface area contributed by atoms with Crippen molar-refractivity contribution >= 4 is 39.1 Å². The number of anilines is 1. The van der Waals surface area contributed by atoms with Gasteiger partial charge in [0, 0.05) is 30.2 Å². The SMILES string of the molecule is CCCSc1nc(NC[C@@H]2CCCO2)c2c3c(sc2n1)CO[C@@](C)(CC)C3. The molecule has 1 fully saturated rings. The zero-order valence-corrected chi connectivity index (χ0v) is 18.1. The summed E-state index contributed by atoms with van der Waals surface area (Å²) in [7, 11) is 0. The summed E-state index contributed by atoms with van der Waals surface area (Å²) in [5.41, 5.74) is 1.29. The minimum absolute atomic E-state index is 0.0948. The predicted molar refractivity (Wildman–Crippen MR) is 113 cm³/mol. The Morgan fingerprint density at radius 2 is 2.22 bits per heavy atom. The van der Waals surface area contributed by atoms with E-state index >= 15 is 0 Å². The number of fused-ring (bicyclic) bond motifs is 3. The summed E-state index contributed by atoms with van der Waals surface area (Å²) in [5.74, 6) is 2.02. The first-order valence-electron chi connectivity index (χ1n) is 10.1. The van der Waals surface area contributed by atoms with Gasteiger partial charge in [-0.2, -0.15) is 0 Å². The Labute approximate surface area is 169 Å². The van der Waals surface area contributed by atoms with Crippen LogP contribution >= 0.6 is 23.1 Å². The van der Waals surface area contributed by atoms with Crippen LogP contribution in [0.2, 0.25) is 0 Å². The van der Waals surface area contributed by atoms with Gasteiger partial charge in [0.2, 0.25) is 0 Å². The molecule has 0 saturated carbocycles. The fourth-order valence-corrected chi connectivity index (χ4v) is 5.54. The number of nitrogens with one attached hydrogen (secondary N) is 1. The summed E-state index contributed by atoms with van der Waals surface area (Å²) >= 11 is 3.51. The van der Waals surface area contributed by atoms with Crippen LogP contribution < -0.4 is 5.32 Å². The molecule has 2 aliphatic heterocycles. The number of thioether (sulfide) groups is 1. The van der Waals surface area contributed by atoms with E-state index in [1.54, 1.807) is 23.1 Å². The van der Waals surface area contributed by atoms with Crippen molar-refractivity contribution in [1.29, 1.82) is 0 Å². The summed E-state index contributed by atoms with van der Waals surface area (Å²) in [6, 6.07) is 0. The van der Waals surface area contributed by atoms with E-state index < -0.39 is 0 Å². The van der Waals surface area contributed by atoms with E-state index in [-0.39, 0.29) is 5.60 Å². The first-order chi connectivity index (χ1) is 13.1. The van der Waals surface area contributed by atoms with Crippen LogP contribution in [0.5, 0.6) is 0 Å². The maximum Gasteiger partial charge on any atom is 0.190 e. The standard InChI is InChI=1S/C20H29N3O2S2/c1-4-9-26-19-22-17(21-11-13-7-6-8-24-13)16-14-10-20(3,5-2)25-12-15(14)27-18(16)23-19/h13H,4-12H2,1-3H3,(H,21,22,23)/t13-,20-/m0/s1. The van der Waals surface area contributed by atoms with Crippen molar-refractivity contribution < 1.29 is 9.47 Å². The van der Waals surface area contributed by atoms with Gasteiger partial charge >= 0.3 is 0 Å². The maximum atomic E-state index is 6.16. The highest BCUT2D eigenvalue weighted by Crippen LogP contribution is 2.42. The van der Waals surface area contributed by atoms with E-state index in [1.807, 2.05) is 0 Å². The van der Waals surface area contributed by atoms with Crippen molar-refractivity contribution in [2.75, 3.05) is 24.2 Å². The van der Waals surface area contributed by atoms with Crippen molar-refractivity contribution in [1.82, 2.24) is 9.97 Å². The third-order valence-corrected chi connectivity index (χ3v) is 7.67. The number of ether oxygens (including phenoxy) is 2. The van der Waals surface area contributed by atoms with Crippen LogP contribution in [0.3, 0.4) is 0 Å². The summed E-state index contributed by atoms with van der Waals surface area (Å²) in [6.45, 7) is 8.98. The van der Waals surface area contributed by atoms with Crippen molar-refractivity contribution in [3.8, 4) is 0 Å². The van der Waals surface area contributed by atoms with E-state index in [0.717, 1.165) is 66.8 Å². The van der Waals surface area contributed by atoms with Gasteiger partial charge in [-0.25, -0.2) is 9.97 Å². The average molecular weight is 408 g/mol. The lowest BCUT2D eigenvalue weighted by Gasteiger charge is -2.33. The number of rotatable bonds is 7. The van der Waals surface area contributed by atoms with Gasteiger partial charge in [-0.1, -0.05) is 25.6 Å². The van der Waals surface area contributed by atoms with E-state index in [0.29, 0.717) is 12.7 Å². The molecule has 2 aromatic heterocycles. The molecular weight excluding hydrogens is 378 g/mol. The Hall–Kier alpha value is -0.890. The molecule has 2 aliphatic rings. The topological polar surface area (TPSA) is 56.3 Å². The molecule has 1 N–H and O–H groups in total. The summed E-state index contributed by atoms with van der Waals surface area (Å²) in [6.07, 6.45) is 5.63. The molecule has 0 radical (unpaired) electrons. The molecule has 4 rings (SSSR count). The quantitative estimate of drug-likeness (QED) is 0.513. The number of aromatic nitrogens is 2. The number of hydrogen-bond donors (Lipinski definition) is 1. The Balaban J connectivity index is 1.70. The lowest BCUT2D eigenvalue weighted by Crippen LogP contribution is -2.34. The zero-order chi connectivity index (χ0) is 18.9. The largest absolute Gasteiger partial charge is 0.376 e. The average Bonchev–Trinajstić information content (AvgIpc) is 3.31. The molecule has 0 bridgehead atoms. The molecule has 1 saturated heterocycles. The second-order valence-electron chi connectivity index (χ2n) is 7.67. The van der Waals surface area contributed by atoms with Gasteiger partial charge in [0.15, 0.2) is 5.16 Å². The van der Waals surface area contributed by atoms with E-state index in [9.17, 15) is 0 Å². The lowest BCUT2D eigenvalue weighted by molar-refractivity contribution is -0.0542. The van der Waals surface area contributed by atoms with Crippen LogP contribution in [0.15, 0.2) is 5.16 Å². The smallest absolute Gasteiger partial charge is 0.190 e. The first-order valence-corrected chi connectivity index (χ1v) is 11.9. The van der Waals surface area contributed by atoms with Gasteiger partial charge in [-0.15, -0.1) is 11.3 Å². The van der Waals surface area contributed by atoms with Crippen molar-refractivity contribution in [2.24, 2.45) is 0 Å². The third kappa shape index (κ3) is 4.11. The van der Waals surface area contributed by atoms with Crippen LogP contribution in [-0.4, -0.2) is 40.6 Å². The van der Waals surface area contributed by atoms with Gasteiger partial charge < -0.3 is 14.8 Å². The van der Waals surface area contributed by atoms with E-state index in [1.165, 1.54) is 15.8 Å². The highest BCUT2D eigenvalue weighted by atomic mass is 32.2. The second kappa shape index (κ2) is 8.23. The zero-order valence-electron chi connectivity index (χ0n) is 16.5. The van der Waals surface area contributed by atoms with Crippen LogP contribution in [0.25, 0.3) is 10.2 Å². The van der Waals surface area contributed by atoms with E-state index in [2.05, 4.69) is 26.1 Å². The van der Waals surface area contributed by atoms with Crippen LogP contribution in [-0.2, 0) is 22.5 Å². The third-order valence-electron chi connectivity index (χ3n) is 5.52. The molecule has 0 unspecified atom stereocenters. The minimum atomic E-state index is -0.0948. The van der Waals surface area contributed by atoms with Crippen molar-refractivity contribution in [3.05, 3.63) is 10.4 Å². The van der Waals surface area contributed by atoms with Gasteiger partial charge in [0.25, 0.3) is 0 Å². The van der Waals surface area contributed by atoms with Gasteiger partial charge in [0.05, 0.1) is 23.7 Å². The number of nitrogens with zero attached hydrogens (tertiary/aromatic N) is 2. The fraction of sp³-hybridized carbons (Fsp3) is 0.700. The highest BCUT2D eigenvalue weighted by molar-refractivity contribution is 7.99. The normalized spacial score (nSPS) is 25.1. The number of thiophene rings is 1. The molecule has 148 valence electrons. The summed E-state index contributed by atoms with van der Waals surface area (Å²) in [5, 5.41) is 5.68. The summed E-state index contributed by atoms with van der Waals surface area (Å²) in [4.78, 5) is 12.2. The molecule has 27 heavy (non-hydrogen) atoms. The lowest BCUT2D eigenvalue weighted by atomic mass is 9.90. The maximum absolute atomic E-state index is 6.16. The monoisotopic (exact) mass is 407 g/mol. The minimum Gasteiger partial charge on any atom is -0.376 e. The second-order valence-corrected chi connectivity index (χ2v) is 9.82. The van der Waals surface area contributed by atoms with Gasteiger partial charge in [0.1, 0.15) is 10.6 Å².